The fourth-order valence-electron chi connectivity index (χ4n) is 2.26. The van der Waals surface area contributed by atoms with E-state index in [9.17, 15) is 5.11 Å². The third kappa shape index (κ3) is 5.55. The van der Waals surface area contributed by atoms with E-state index >= 15 is 0 Å². The van der Waals surface area contributed by atoms with Crippen molar-refractivity contribution in [3.63, 3.8) is 0 Å². The van der Waals surface area contributed by atoms with Gasteiger partial charge in [-0.2, -0.15) is 11.8 Å². The SMILES string of the molecule is CCSCCC(C)NCC1(O)CCCCC1. The number of hydrogen-bond donors (Lipinski definition) is 2. The molecule has 0 aromatic carbocycles. The second kappa shape index (κ2) is 7.57. The van der Waals surface area contributed by atoms with E-state index in [1.54, 1.807) is 0 Å². The Hall–Kier alpha value is 0.270. The van der Waals surface area contributed by atoms with Crippen molar-refractivity contribution in [2.45, 2.75) is 64.0 Å². The average Bonchev–Trinajstić information content (AvgIpc) is 2.28. The van der Waals surface area contributed by atoms with Gasteiger partial charge in [0.15, 0.2) is 0 Å². The van der Waals surface area contributed by atoms with Gasteiger partial charge in [-0.05, 0) is 37.7 Å². The van der Waals surface area contributed by atoms with Crippen molar-refractivity contribution in [2.75, 3.05) is 18.1 Å². The van der Waals surface area contributed by atoms with Crippen molar-refractivity contribution >= 4 is 11.8 Å². The van der Waals surface area contributed by atoms with Gasteiger partial charge in [0.2, 0.25) is 0 Å². The van der Waals surface area contributed by atoms with Crippen LogP contribution < -0.4 is 5.32 Å². The van der Waals surface area contributed by atoms with Crippen molar-refractivity contribution in [1.82, 2.24) is 5.32 Å². The minimum Gasteiger partial charge on any atom is -0.389 e. The van der Waals surface area contributed by atoms with Gasteiger partial charge in [-0.1, -0.05) is 26.2 Å². The standard InChI is InChI=1S/C13H27NOS/c1-3-16-10-7-12(2)14-11-13(15)8-5-4-6-9-13/h12,14-15H,3-11H2,1-2H3. The molecule has 0 aromatic rings. The summed E-state index contributed by atoms with van der Waals surface area (Å²) >= 11 is 1.99. The quantitative estimate of drug-likeness (QED) is 0.677. The summed E-state index contributed by atoms with van der Waals surface area (Å²) in [6.07, 6.45) is 6.85. The molecule has 1 fully saturated rings. The second-order valence-electron chi connectivity index (χ2n) is 5.05. The molecule has 2 nitrogen and oxygen atoms in total. The Morgan fingerprint density at radius 3 is 2.62 bits per heavy atom. The molecule has 0 radical (unpaired) electrons. The second-order valence-corrected chi connectivity index (χ2v) is 6.45. The van der Waals surface area contributed by atoms with Crippen LogP contribution in [0.25, 0.3) is 0 Å². The molecule has 1 rings (SSSR count). The van der Waals surface area contributed by atoms with Gasteiger partial charge in [-0.15, -0.1) is 0 Å². The van der Waals surface area contributed by atoms with E-state index in [4.69, 9.17) is 0 Å². The van der Waals surface area contributed by atoms with Crippen LogP contribution >= 0.6 is 11.8 Å². The highest BCUT2D eigenvalue weighted by Gasteiger charge is 2.28. The molecule has 16 heavy (non-hydrogen) atoms. The van der Waals surface area contributed by atoms with Gasteiger partial charge >= 0.3 is 0 Å². The maximum absolute atomic E-state index is 10.3. The number of nitrogens with one attached hydrogen (secondary N) is 1. The first-order valence-electron chi connectivity index (χ1n) is 6.70. The van der Waals surface area contributed by atoms with E-state index < -0.39 is 5.60 Å². The van der Waals surface area contributed by atoms with Crippen molar-refractivity contribution in [2.24, 2.45) is 0 Å². The highest BCUT2D eigenvalue weighted by Crippen LogP contribution is 2.27. The maximum Gasteiger partial charge on any atom is 0.0771 e. The summed E-state index contributed by atoms with van der Waals surface area (Å²) in [4.78, 5) is 0. The Bertz CT molecular complexity index is 181. The topological polar surface area (TPSA) is 32.3 Å². The molecule has 0 amide bonds. The van der Waals surface area contributed by atoms with Crippen LogP contribution in [0.15, 0.2) is 0 Å². The molecular formula is C13H27NOS. The molecule has 3 heteroatoms. The van der Waals surface area contributed by atoms with E-state index in [0.29, 0.717) is 6.04 Å². The molecule has 2 N–H and O–H groups in total. The molecule has 0 aromatic heterocycles. The van der Waals surface area contributed by atoms with E-state index in [1.807, 2.05) is 11.8 Å². The molecule has 1 unspecified atom stereocenters. The molecule has 1 saturated carbocycles. The molecule has 0 spiro atoms. The predicted octanol–water partition coefficient (Wildman–Crippen LogP) is 2.80. The van der Waals surface area contributed by atoms with Crippen LogP contribution in [0, 0.1) is 0 Å². The number of rotatable bonds is 7. The van der Waals surface area contributed by atoms with Gasteiger partial charge in [0.05, 0.1) is 5.60 Å². The zero-order valence-electron chi connectivity index (χ0n) is 10.8. The predicted molar refractivity (Wildman–Crippen MR) is 73.1 cm³/mol. The lowest BCUT2D eigenvalue weighted by molar-refractivity contribution is 0.00300. The van der Waals surface area contributed by atoms with Gasteiger partial charge in [-0.25, -0.2) is 0 Å². The maximum atomic E-state index is 10.3. The van der Waals surface area contributed by atoms with Crippen LogP contribution in [0.3, 0.4) is 0 Å². The molecule has 1 aliphatic rings. The minimum absolute atomic E-state index is 0.412. The van der Waals surface area contributed by atoms with Crippen LogP contribution in [0.4, 0.5) is 0 Å². The summed E-state index contributed by atoms with van der Waals surface area (Å²) in [6.45, 7) is 5.21. The molecular weight excluding hydrogens is 218 g/mol. The number of hydrogen-bond acceptors (Lipinski definition) is 3. The molecule has 0 saturated heterocycles. The molecule has 0 heterocycles. The van der Waals surface area contributed by atoms with E-state index in [2.05, 4.69) is 19.2 Å². The van der Waals surface area contributed by atoms with E-state index in [1.165, 1.54) is 37.2 Å². The highest BCUT2D eigenvalue weighted by atomic mass is 32.2. The van der Waals surface area contributed by atoms with E-state index in [0.717, 1.165) is 19.4 Å². The average molecular weight is 245 g/mol. The van der Waals surface area contributed by atoms with Gasteiger partial charge in [-0.3, -0.25) is 0 Å². The van der Waals surface area contributed by atoms with Crippen LogP contribution in [-0.2, 0) is 0 Å². The molecule has 96 valence electrons. The summed E-state index contributed by atoms with van der Waals surface area (Å²) in [5.41, 5.74) is -0.412. The first-order chi connectivity index (χ1) is 7.66. The smallest absolute Gasteiger partial charge is 0.0771 e. The first-order valence-corrected chi connectivity index (χ1v) is 7.85. The van der Waals surface area contributed by atoms with Gasteiger partial charge in [0.1, 0.15) is 0 Å². The Kier molecular flexibility index (Phi) is 6.78. The summed E-state index contributed by atoms with van der Waals surface area (Å²) in [5.74, 6) is 2.43. The lowest BCUT2D eigenvalue weighted by atomic mass is 9.85. The Morgan fingerprint density at radius 1 is 1.31 bits per heavy atom. The van der Waals surface area contributed by atoms with Crippen molar-refractivity contribution in [3.05, 3.63) is 0 Å². The minimum atomic E-state index is -0.412. The fraction of sp³-hybridized carbons (Fsp3) is 1.00. The Morgan fingerprint density at radius 2 is 2.00 bits per heavy atom. The Labute approximate surface area is 105 Å². The zero-order chi connectivity index (χ0) is 11.9. The fourth-order valence-corrected chi connectivity index (χ4v) is 3.07. The Balaban J connectivity index is 2.12. The van der Waals surface area contributed by atoms with Crippen molar-refractivity contribution in [3.8, 4) is 0 Å². The van der Waals surface area contributed by atoms with Crippen molar-refractivity contribution < 1.29 is 5.11 Å². The monoisotopic (exact) mass is 245 g/mol. The number of thioether (sulfide) groups is 1. The van der Waals surface area contributed by atoms with Gasteiger partial charge in [0, 0.05) is 12.6 Å². The summed E-state index contributed by atoms with van der Waals surface area (Å²) < 4.78 is 0. The first kappa shape index (κ1) is 14.3. The van der Waals surface area contributed by atoms with Crippen LogP contribution in [0.1, 0.15) is 52.4 Å². The van der Waals surface area contributed by atoms with Crippen LogP contribution in [-0.4, -0.2) is 34.8 Å². The third-order valence-electron chi connectivity index (χ3n) is 3.46. The van der Waals surface area contributed by atoms with Gasteiger partial charge in [0.25, 0.3) is 0 Å². The highest BCUT2D eigenvalue weighted by molar-refractivity contribution is 7.99. The molecule has 1 atom stereocenters. The van der Waals surface area contributed by atoms with E-state index in [-0.39, 0.29) is 0 Å². The molecule has 0 bridgehead atoms. The molecule has 0 aliphatic heterocycles. The summed E-state index contributed by atoms with van der Waals surface area (Å²) in [5, 5.41) is 13.8. The summed E-state index contributed by atoms with van der Waals surface area (Å²) in [7, 11) is 0. The van der Waals surface area contributed by atoms with Gasteiger partial charge < -0.3 is 10.4 Å². The lowest BCUT2D eigenvalue weighted by Crippen LogP contribution is -2.45. The largest absolute Gasteiger partial charge is 0.389 e. The number of aliphatic hydroxyl groups is 1. The normalized spacial score (nSPS) is 21.9. The lowest BCUT2D eigenvalue weighted by Gasteiger charge is -2.33. The molecule has 1 aliphatic carbocycles. The summed E-state index contributed by atoms with van der Waals surface area (Å²) in [6, 6.07) is 0.532. The zero-order valence-corrected chi connectivity index (χ0v) is 11.6. The van der Waals surface area contributed by atoms with Crippen molar-refractivity contribution in [1.29, 1.82) is 0 Å². The third-order valence-corrected chi connectivity index (χ3v) is 4.40. The van der Waals surface area contributed by atoms with Crippen LogP contribution in [0.2, 0.25) is 0 Å². The van der Waals surface area contributed by atoms with Crippen LogP contribution in [0.5, 0.6) is 0 Å².